The van der Waals surface area contributed by atoms with Crippen LogP contribution in [0.15, 0.2) is 18.2 Å². The average Bonchev–Trinajstić information content (AvgIpc) is 2.43. The van der Waals surface area contributed by atoms with Gasteiger partial charge in [-0.3, -0.25) is 9.59 Å². The molecule has 0 saturated carbocycles. The summed E-state index contributed by atoms with van der Waals surface area (Å²) < 4.78 is 0. The number of fused-ring (bicyclic) bond motifs is 1. The van der Waals surface area contributed by atoms with Gasteiger partial charge in [0.15, 0.2) is 0 Å². The van der Waals surface area contributed by atoms with E-state index in [9.17, 15) is 9.59 Å². The van der Waals surface area contributed by atoms with Crippen LogP contribution in [0.3, 0.4) is 0 Å². The topological polar surface area (TPSA) is 58.2 Å². The van der Waals surface area contributed by atoms with E-state index in [0.717, 1.165) is 0 Å². The minimum Gasteiger partial charge on any atom is -0.341 e. The number of hydrogen-bond donors (Lipinski definition) is 2. The molecule has 2 amide bonds. The Labute approximate surface area is 91.6 Å². The molecule has 1 unspecified atom stereocenters. The van der Waals surface area contributed by atoms with Gasteiger partial charge in [-0.05, 0) is 18.2 Å². The van der Waals surface area contributed by atoms with Gasteiger partial charge in [-0.2, -0.15) is 0 Å². The van der Waals surface area contributed by atoms with E-state index in [-0.39, 0.29) is 11.8 Å². The van der Waals surface area contributed by atoms with Gasteiger partial charge in [0.2, 0.25) is 5.91 Å². The molecule has 0 aromatic heterocycles. The highest BCUT2D eigenvalue weighted by molar-refractivity contribution is 6.31. The summed E-state index contributed by atoms with van der Waals surface area (Å²) in [6, 6.07) is 4.46. The van der Waals surface area contributed by atoms with E-state index in [1.807, 2.05) is 0 Å². The molecule has 4 nitrogen and oxygen atoms in total. The van der Waals surface area contributed by atoms with Gasteiger partial charge in [-0.25, -0.2) is 0 Å². The number of anilines is 1. The highest BCUT2D eigenvalue weighted by Gasteiger charge is 2.30. The van der Waals surface area contributed by atoms with Crippen molar-refractivity contribution in [3.8, 4) is 0 Å². The first-order chi connectivity index (χ1) is 7.08. The van der Waals surface area contributed by atoms with Gasteiger partial charge in [0.25, 0.3) is 5.91 Å². The molecule has 0 bridgehead atoms. The van der Waals surface area contributed by atoms with Crippen LogP contribution in [0.2, 0.25) is 5.02 Å². The smallest absolute Gasteiger partial charge is 0.251 e. The van der Waals surface area contributed by atoms with Crippen LogP contribution in [0.1, 0.15) is 18.5 Å². The average molecular weight is 225 g/mol. The summed E-state index contributed by atoms with van der Waals surface area (Å²) in [4.78, 5) is 22.4. The van der Waals surface area contributed by atoms with Crippen molar-refractivity contribution in [3.05, 3.63) is 28.8 Å². The molecule has 1 aromatic carbocycles. The molecule has 1 heterocycles. The number of nitrogens with one attached hydrogen (secondary N) is 2. The number of benzene rings is 1. The number of amides is 2. The predicted molar refractivity (Wildman–Crippen MR) is 56.6 cm³/mol. The van der Waals surface area contributed by atoms with E-state index in [4.69, 9.17) is 11.6 Å². The Morgan fingerprint density at radius 2 is 2.27 bits per heavy atom. The molecule has 2 rings (SSSR count). The lowest BCUT2D eigenvalue weighted by Gasteiger charge is -2.09. The summed E-state index contributed by atoms with van der Waals surface area (Å²) in [7, 11) is 0. The standard InChI is InChI=1S/C10H9ClN2O2/c1-5(14)12-9-7-4-6(11)2-3-8(7)13-10(9)15/h2-4,9H,1H3,(H,12,14)(H,13,15). The van der Waals surface area contributed by atoms with E-state index in [0.29, 0.717) is 16.3 Å². The molecule has 0 radical (unpaired) electrons. The quantitative estimate of drug-likeness (QED) is 0.759. The second-order valence-corrected chi connectivity index (χ2v) is 3.79. The molecule has 1 aliphatic heterocycles. The minimum atomic E-state index is -0.629. The second kappa shape index (κ2) is 3.55. The summed E-state index contributed by atoms with van der Waals surface area (Å²) in [5.74, 6) is -0.481. The summed E-state index contributed by atoms with van der Waals surface area (Å²) in [6.07, 6.45) is 0. The molecule has 0 spiro atoms. The number of halogens is 1. The molecular weight excluding hydrogens is 216 g/mol. The first-order valence-corrected chi connectivity index (χ1v) is 4.83. The van der Waals surface area contributed by atoms with Crippen LogP contribution >= 0.6 is 11.6 Å². The fourth-order valence-corrected chi connectivity index (χ4v) is 1.76. The summed E-state index contributed by atoms with van der Waals surface area (Å²) in [5, 5.41) is 5.78. The molecule has 5 heteroatoms. The van der Waals surface area contributed by atoms with Crippen molar-refractivity contribution in [3.63, 3.8) is 0 Å². The van der Waals surface area contributed by atoms with Crippen molar-refractivity contribution in [2.75, 3.05) is 5.32 Å². The fourth-order valence-electron chi connectivity index (χ4n) is 1.58. The summed E-state index contributed by atoms with van der Waals surface area (Å²) in [5.41, 5.74) is 1.41. The first kappa shape index (κ1) is 9.98. The predicted octanol–water partition coefficient (Wildman–Crippen LogP) is 1.47. The molecule has 1 atom stereocenters. The van der Waals surface area contributed by atoms with Crippen LogP contribution in [0, 0.1) is 0 Å². The van der Waals surface area contributed by atoms with Crippen molar-refractivity contribution in [2.24, 2.45) is 0 Å². The SMILES string of the molecule is CC(=O)NC1C(=O)Nc2ccc(Cl)cc21. The molecule has 1 aromatic rings. The van der Waals surface area contributed by atoms with E-state index in [1.54, 1.807) is 18.2 Å². The highest BCUT2D eigenvalue weighted by atomic mass is 35.5. The van der Waals surface area contributed by atoms with Gasteiger partial charge in [-0.15, -0.1) is 0 Å². The highest BCUT2D eigenvalue weighted by Crippen LogP contribution is 2.32. The molecule has 2 N–H and O–H groups in total. The Bertz CT molecular complexity index is 445. The Morgan fingerprint density at radius 3 is 2.93 bits per heavy atom. The normalized spacial score (nSPS) is 18.3. The zero-order chi connectivity index (χ0) is 11.0. The van der Waals surface area contributed by atoms with Crippen LogP contribution < -0.4 is 10.6 Å². The Kier molecular flexibility index (Phi) is 2.36. The number of hydrogen-bond acceptors (Lipinski definition) is 2. The lowest BCUT2D eigenvalue weighted by atomic mass is 10.1. The van der Waals surface area contributed by atoms with Crippen molar-refractivity contribution < 1.29 is 9.59 Å². The van der Waals surface area contributed by atoms with E-state index >= 15 is 0 Å². The lowest BCUT2D eigenvalue weighted by molar-refractivity contribution is -0.124. The van der Waals surface area contributed by atoms with E-state index in [2.05, 4.69) is 10.6 Å². The Morgan fingerprint density at radius 1 is 1.53 bits per heavy atom. The van der Waals surface area contributed by atoms with Gasteiger partial charge >= 0.3 is 0 Å². The van der Waals surface area contributed by atoms with Crippen molar-refractivity contribution in [2.45, 2.75) is 13.0 Å². The Balaban J connectivity index is 2.39. The van der Waals surface area contributed by atoms with Crippen LogP contribution in [-0.2, 0) is 9.59 Å². The largest absolute Gasteiger partial charge is 0.341 e. The van der Waals surface area contributed by atoms with Gasteiger partial charge in [-0.1, -0.05) is 11.6 Å². The number of rotatable bonds is 1. The van der Waals surface area contributed by atoms with Gasteiger partial charge in [0.1, 0.15) is 6.04 Å². The van der Waals surface area contributed by atoms with Gasteiger partial charge < -0.3 is 10.6 Å². The third-order valence-corrected chi connectivity index (χ3v) is 2.43. The zero-order valence-corrected chi connectivity index (χ0v) is 8.76. The molecular formula is C10H9ClN2O2. The van der Waals surface area contributed by atoms with Crippen molar-refractivity contribution in [1.29, 1.82) is 0 Å². The molecule has 0 fully saturated rings. The minimum absolute atomic E-state index is 0.234. The maximum atomic E-state index is 11.5. The summed E-state index contributed by atoms with van der Waals surface area (Å²) >= 11 is 5.82. The molecule has 0 saturated heterocycles. The molecule has 0 aliphatic carbocycles. The third kappa shape index (κ3) is 1.80. The third-order valence-electron chi connectivity index (χ3n) is 2.19. The van der Waals surface area contributed by atoms with Crippen LogP contribution in [0.5, 0.6) is 0 Å². The fraction of sp³-hybridized carbons (Fsp3) is 0.200. The monoisotopic (exact) mass is 224 g/mol. The van der Waals surface area contributed by atoms with Gasteiger partial charge in [0.05, 0.1) is 0 Å². The maximum Gasteiger partial charge on any atom is 0.251 e. The molecule has 15 heavy (non-hydrogen) atoms. The lowest BCUT2D eigenvalue weighted by Crippen LogP contribution is -2.30. The zero-order valence-electron chi connectivity index (χ0n) is 8.00. The van der Waals surface area contributed by atoms with Crippen LogP contribution in [-0.4, -0.2) is 11.8 Å². The molecule has 78 valence electrons. The summed E-state index contributed by atoms with van der Waals surface area (Å²) in [6.45, 7) is 1.37. The number of carbonyl (C=O) groups is 2. The van der Waals surface area contributed by atoms with Gasteiger partial charge in [0, 0.05) is 23.2 Å². The van der Waals surface area contributed by atoms with Crippen LogP contribution in [0.4, 0.5) is 5.69 Å². The van der Waals surface area contributed by atoms with E-state index in [1.165, 1.54) is 6.92 Å². The maximum absolute atomic E-state index is 11.5. The van der Waals surface area contributed by atoms with Crippen LogP contribution in [0.25, 0.3) is 0 Å². The molecule has 1 aliphatic rings. The number of carbonyl (C=O) groups excluding carboxylic acids is 2. The second-order valence-electron chi connectivity index (χ2n) is 3.35. The van der Waals surface area contributed by atoms with E-state index < -0.39 is 6.04 Å². The first-order valence-electron chi connectivity index (χ1n) is 4.45. The Hall–Kier alpha value is -1.55. The van der Waals surface area contributed by atoms with Crippen molar-refractivity contribution >= 4 is 29.1 Å². The van der Waals surface area contributed by atoms with Crippen molar-refractivity contribution in [1.82, 2.24) is 5.32 Å².